The number of pyridine rings is 1. The van der Waals surface area contributed by atoms with E-state index in [2.05, 4.69) is 11.1 Å². The lowest BCUT2D eigenvalue weighted by Gasteiger charge is -2.27. The van der Waals surface area contributed by atoms with Gasteiger partial charge in [-0.1, -0.05) is 12.1 Å². The van der Waals surface area contributed by atoms with Gasteiger partial charge in [0.1, 0.15) is 11.5 Å². The van der Waals surface area contributed by atoms with Crippen molar-refractivity contribution in [3.05, 3.63) is 78.5 Å². The van der Waals surface area contributed by atoms with Crippen LogP contribution in [0, 0.1) is 11.3 Å². The van der Waals surface area contributed by atoms with Gasteiger partial charge in [-0.15, -0.1) is 0 Å². The minimum atomic E-state index is -0.191. The lowest BCUT2D eigenvalue weighted by atomic mass is 10.1. The van der Waals surface area contributed by atoms with Crippen LogP contribution in [0.25, 0.3) is 0 Å². The summed E-state index contributed by atoms with van der Waals surface area (Å²) in [5.41, 5.74) is 1.18. The largest absolute Gasteiger partial charge is 0.484 e. The first-order valence-electron chi connectivity index (χ1n) is 9.21. The molecular weight excluding hydrogens is 366 g/mol. The molecule has 146 valence electrons. The molecule has 0 atom stereocenters. The van der Waals surface area contributed by atoms with E-state index in [1.54, 1.807) is 59.6 Å². The second kappa shape index (κ2) is 9.38. The van der Waals surface area contributed by atoms with Crippen LogP contribution in [0.15, 0.2) is 72.9 Å². The number of carbonyl (C=O) groups excluding carboxylic acids is 1. The van der Waals surface area contributed by atoms with Crippen LogP contribution >= 0.6 is 0 Å². The Kier molecular flexibility index (Phi) is 6.43. The molecule has 0 N–H and O–H groups in total. The van der Waals surface area contributed by atoms with E-state index in [4.69, 9.17) is 14.7 Å². The van der Waals surface area contributed by atoms with Gasteiger partial charge >= 0.3 is 0 Å². The number of ether oxygens (including phenoxy) is 2. The summed E-state index contributed by atoms with van der Waals surface area (Å²) in [6.07, 6.45) is 1.66. The van der Waals surface area contributed by atoms with E-state index < -0.39 is 0 Å². The molecule has 0 bridgehead atoms. The van der Waals surface area contributed by atoms with Crippen molar-refractivity contribution in [3.63, 3.8) is 0 Å². The first-order valence-corrected chi connectivity index (χ1v) is 9.21. The minimum Gasteiger partial charge on any atom is -0.484 e. The molecule has 0 unspecified atom stereocenters. The van der Waals surface area contributed by atoms with Crippen molar-refractivity contribution in [1.82, 2.24) is 4.98 Å². The Morgan fingerprint density at radius 3 is 2.48 bits per heavy atom. The highest BCUT2D eigenvalue weighted by molar-refractivity contribution is 5.95. The average molecular weight is 387 g/mol. The van der Waals surface area contributed by atoms with Gasteiger partial charge < -0.3 is 14.4 Å². The topological polar surface area (TPSA) is 75.5 Å². The number of amides is 1. The van der Waals surface area contributed by atoms with E-state index in [1.165, 1.54) is 0 Å². The molecule has 1 aromatic heterocycles. The Balaban J connectivity index is 1.63. The highest BCUT2D eigenvalue weighted by Gasteiger charge is 2.20. The molecule has 1 amide bonds. The number of rotatable bonds is 7. The lowest BCUT2D eigenvalue weighted by molar-refractivity contribution is -0.120. The van der Waals surface area contributed by atoms with Gasteiger partial charge in [-0.3, -0.25) is 4.79 Å². The van der Waals surface area contributed by atoms with Crippen molar-refractivity contribution in [2.45, 2.75) is 19.9 Å². The average Bonchev–Trinajstić information content (AvgIpc) is 2.74. The van der Waals surface area contributed by atoms with Gasteiger partial charge in [-0.25, -0.2) is 4.98 Å². The summed E-state index contributed by atoms with van der Waals surface area (Å²) in [5, 5.41) is 9.10. The zero-order valence-corrected chi connectivity index (χ0v) is 16.3. The number of benzene rings is 2. The van der Waals surface area contributed by atoms with Crippen molar-refractivity contribution in [2.75, 3.05) is 11.5 Å². The quantitative estimate of drug-likeness (QED) is 0.594. The Morgan fingerprint density at radius 2 is 1.83 bits per heavy atom. The summed E-state index contributed by atoms with van der Waals surface area (Å²) in [7, 11) is 0. The van der Waals surface area contributed by atoms with Gasteiger partial charge in [0.15, 0.2) is 6.61 Å². The SMILES string of the molecule is CC(C)N(C(=O)COc1ccc(Oc2ccccn2)cc1)c1cccc(C#N)c1. The first kappa shape index (κ1) is 19.9. The van der Waals surface area contributed by atoms with Crippen LogP contribution in [0.1, 0.15) is 19.4 Å². The van der Waals surface area contributed by atoms with Crippen LogP contribution in [-0.4, -0.2) is 23.5 Å². The molecule has 0 aliphatic rings. The first-order chi connectivity index (χ1) is 14.1. The Hall–Kier alpha value is -3.85. The van der Waals surface area contributed by atoms with Crippen LogP contribution in [-0.2, 0) is 4.79 Å². The maximum atomic E-state index is 12.8. The van der Waals surface area contributed by atoms with Crippen molar-refractivity contribution in [3.8, 4) is 23.4 Å². The molecule has 0 saturated carbocycles. The Labute approximate surface area is 169 Å². The number of aromatic nitrogens is 1. The summed E-state index contributed by atoms with van der Waals surface area (Å²) in [6, 6.07) is 21.4. The number of anilines is 1. The minimum absolute atomic E-state index is 0.0748. The van der Waals surface area contributed by atoms with Crippen LogP contribution < -0.4 is 14.4 Å². The molecule has 2 aromatic carbocycles. The highest BCUT2D eigenvalue weighted by Crippen LogP contribution is 2.23. The maximum absolute atomic E-state index is 12.8. The van der Waals surface area contributed by atoms with Gasteiger partial charge in [0.25, 0.3) is 5.91 Å². The third-order valence-electron chi connectivity index (χ3n) is 4.08. The van der Waals surface area contributed by atoms with E-state index in [-0.39, 0.29) is 18.6 Å². The summed E-state index contributed by atoms with van der Waals surface area (Å²) in [6.45, 7) is 3.72. The molecule has 0 spiro atoms. The van der Waals surface area contributed by atoms with Crippen LogP contribution in [0.5, 0.6) is 17.4 Å². The summed E-state index contributed by atoms with van der Waals surface area (Å²) in [4.78, 5) is 18.5. The second-order valence-corrected chi connectivity index (χ2v) is 6.55. The normalized spacial score (nSPS) is 10.3. The maximum Gasteiger partial charge on any atom is 0.265 e. The molecule has 0 aliphatic heterocycles. The zero-order chi connectivity index (χ0) is 20.6. The second-order valence-electron chi connectivity index (χ2n) is 6.55. The van der Waals surface area contributed by atoms with Gasteiger partial charge in [-0.05, 0) is 62.4 Å². The molecule has 0 saturated heterocycles. The van der Waals surface area contributed by atoms with E-state index in [1.807, 2.05) is 32.0 Å². The van der Waals surface area contributed by atoms with E-state index in [0.29, 0.717) is 28.6 Å². The summed E-state index contributed by atoms with van der Waals surface area (Å²) >= 11 is 0. The smallest absolute Gasteiger partial charge is 0.265 e. The molecule has 1 heterocycles. The molecule has 6 nitrogen and oxygen atoms in total. The predicted octanol–water partition coefficient (Wildman–Crippen LogP) is 4.57. The van der Waals surface area contributed by atoms with Crippen molar-refractivity contribution < 1.29 is 14.3 Å². The van der Waals surface area contributed by atoms with Gasteiger partial charge in [0, 0.05) is 24.0 Å². The number of hydrogen-bond donors (Lipinski definition) is 0. The predicted molar refractivity (Wildman–Crippen MR) is 110 cm³/mol. The van der Waals surface area contributed by atoms with Crippen LogP contribution in [0.2, 0.25) is 0 Å². The fraction of sp³-hybridized carbons (Fsp3) is 0.174. The fourth-order valence-corrected chi connectivity index (χ4v) is 2.80. The Bertz CT molecular complexity index is 996. The third kappa shape index (κ3) is 5.33. The monoisotopic (exact) mass is 387 g/mol. The fourth-order valence-electron chi connectivity index (χ4n) is 2.80. The Morgan fingerprint density at radius 1 is 1.07 bits per heavy atom. The number of nitrogens with zero attached hydrogens (tertiary/aromatic N) is 3. The number of nitriles is 1. The van der Waals surface area contributed by atoms with Crippen LogP contribution in [0.4, 0.5) is 5.69 Å². The molecule has 0 aliphatic carbocycles. The van der Waals surface area contributed by atoms with Gasteiger partial charge in [-0.2, -0.15) is 5.26 Å². The summed E-state index contributed by atoms with van der Waals surface area (Å²) < 4.78 is 11.3. The lowest BCUT2D eigenvalue weighted by Crippen LogP contribution is -2.40. The molecule has 3 rings (SSSR count). The molecule has 6 heteroatoms. The highest BCUT2D eigenvalue weighted by atomic mass is 16.5. The molecule has 3 aromatic rings. The van der Waals surface area contributed by atoms with E-state index in [0.717, 1.165) is 0 Å². The van der Waals surface area contributed by atoms with E-state index in [9.17, 15) is 4.79 Å². The molecule has 0 radical (unpaired) electrons. The molecule has 0 fully saturated rings. The van der Waals surface area contributed by atoms with Crippen molar-refractivity contribution in [2.24, 2.45) is 0 Å². The number of hydrogen-bond acceptors (Lipinski definition) is 5. The number of carbonyl (C=O) groups is 1. The van der Waals surface area contributed by atoms with Gasteiger partial charge in [0.2, 0.25) is 5.88 Å². The zero-order valence-electron chi connectivity index (χ0n) is 16.3. The van der Waals surface area contributed by atoms with E-state index >= 15 is 0 Å². The van der Waals surface area contributed by atoms with Gasteiger partial charge in [0.05, 0.1) is 11.6 Å². The third-order valence-corrected chi connectivity index (χ3v) is 4.08. The standard InChI is InChI=1S/C23H21N3O3/c1-17(2)26(19-7-5-6-18(14-19)15-24)23(27)16-28-20-9-11-21(12-10-20)29-22-8-3-4-13-25-22/h3-14,17H,16H2,1-2H3. The van der Waals surface area contributed by atoms with Crippen molar-refractivity contribution in [1.29, 1.82) is 5.26 Å². The van der Waals surface area contributed by atoms with Crippen molar-refractivity contribution >= 4 is 11.6 Å². The molecular formula is C23H21N3O3. The molecule has 29 heavy (non-hydrogen) atoms. The van der Waals surface area contributed by atoms with Crippen LogP contribution in [0.3, 0.4) is 0 Å². The summed E-state index contributed by atoms with van der Waals surface area (Å²) in [5.74, 6) is 1.49.